The van der Waals surface area contributed by atoms with Gasteiger partial charge in [-0.05, 0) is 23.4 Å². The second-order valence-electron chi connectivity index (χ2n) is 6.21. The molecule has 3 rings (SSSR count). The molecule has 24 heavy (non-hydrogen) atoms. The zero-order valence-electron chi connectivity index (χ0n) is 13.6. The van der Waals surface area contributed by atoms with Gasteiger partial charge in [0.05, 0.1) is 0 Å². The molecule has 1 aliphatic rings. The summed E-state index contributed by atoms with van der Waals surface area (Å²) in [7, 11) is 0. The molecule has 2 amide bonds. The molecule has 1 N–H and O–H groups in total. The summed E-state index contributed by atoms with van der Waals surface area (Å²) < 4.78 is 0. The molecule has 4 nitrogen and oxygen atoms in total. The van der Waals surface area contributed by atoms with Gasteiger partial charge >= 0.3 is 0 Å². The van der Waals surface area contributed by atoms with Crippen molar-refractivity contribution in [2.45, 2.75) is 25.8 Å². The lowest BCUT2D eigenvalue weighted by atomic mass is 10.1. The molecule has 1 saturated heterocycles. The minimum atomic E-state index is 0.0670. The number of nitrogens with zero attached hydrogens (tertiary/aromatic N) is 1. The van der Waals surface area contributed by atoms with Crippen LogP contribution in [0.25, 0.3) is 0 Å². The van der Waals surface area contributed by atoms with E-state index in [4.69, 9.17) is 0 Å². The standard InChI is InChI=1S/C19H22N2O2S/c22-18(9-8-17-7-4-10-24-17)20-12-16-11-19(23)21(14-16)13-15-5-2-1-3-6-15/h1-7,10,16H,8-9,11-14H2,(H,20,22). The first-order valence-corrected chi connectivity index (χ1v) is 9.19. The Morgan fingerprint density at radius 1 is 1.21 bits per heavy atom. The number of aryl methyl sites for hydroxylation is 1. The third kappa shape index (κ3) is 4.68. The van der Waals surface area contributed by atoms with Gasteiger partial charge in [-0.1, -0.05) is 36.4 Å². The molecule has 1 unspecified atom stereocenters. The molecule has 2 heterocycles. The van der Waals surface area contributed by atoms with Crippen LogP contribution in [0.1, 0.15) is 23.3 Å². The first-order valence-electron chi connectivity index (χ1n) is 8.31. The summed E-state index contributed by atoms with van der Waals surface area (Å²) in [5, 5.41) is 5.01. The van der Waals surface area contributed by atoms with Gasteiger partial charge in [0.1, 0.15) is 0 Å². The topological polar surface area (TPSA) is 49.4 Å². The number of benzene rings is 1. The van der Waals surface area contributed by atoms with Crippen molar-refractivity contribution in [1.29, 1.82) is 0 Å². The Kier molecular flexibility index (Phi) is 5.64. The van der Waals surface area contributed by atoms with E-state index in [1.807, 2.05) is 46.7 Å². The molecule has 1 aromatic carbocycles. The van der Waals surface area contributed by atoms with Gasteiger partial charge < -0.3 is 10.2 Å². The van der Waals surface area contributed by atoms with Gasteiger partial charge in [-0.15, -0.1) is 11.3 Å². The minimum absolute atomic E-state index is 0.0670. The van der Waals surface area contributed by atoms with Crippen molar-refractivity contribution >= 4 is 23.2 Å². The Hall–Kier alpha value is -2.14. The van der Waals surface area contributed by atoms with Gasteiger partial charge in [-0.3, -0.25) is 9.59 Å². The van der Waals surface area contributed by atoms with Crippen LogP contribution in [0.2, 0.25) is 0 Å². The number of nitrogens with one attached hydrogen (secondary N) is 1. The highest BCUT2D eigenvalue weighted by atomic mass is 32.1. The number of amides is 2. The normalized spacial score (nSPS) is 17.2. The maximum absolute atomic E-state index is 12.1. The van der Waals surface area contributed by atoms with Crippen molar-refractivity contribution in [3.63, 3.8) is 0 Å². The smallest absolute Gasteiger partial charge is 0.223 e. The zero-order valence-corrected chi connectivity index (χ0v) is 14.4. The second-order valence-corrected chi connectivity index (χ2v) is 7.25. The molecule has 1 fully saturated rings. The van der Waals surface area contributed by atoms with Crippen LogP contribution in [0.4, 0.5) is 0 Å². The SMILES string of the molecule is O=C(CCc1cccs1)NCC1CC(=O)N(Cc2ccccc2)C1. The van der Waals surface area contributed by atoms with Crippen LogP contribution in [0.15, 0.2) is 47.8 Å². The highest BCUT2D eigenvalue weighted by Gasteiger charge is 2.29. The molecular weight excluding hydrogens is 320 g/mol. The fourth-order valence-corrected chi connectivity index (χ4v) is 3.69. The van der Waals surface area contributed by atoms with E-state index in [0.29, 0.717) is 25.9 Å². The molecule has 0 saturated carbocycles. The second kappa shape index (κ2) is 8.11. The number of rotatable bonds is 7. The van der Waals surface area contributed by atoms with E-state index < -0.39 is 0 Å². The Bertz CT molecular complexity index is 670. The summed E-state index contributed by atoms with van der Waals surface area (Å²) in [6, 6.07) is 14.1. The molecule has 0 bridgehead atoms. The van der Waals surface area contributed by atoms with Gasteiger partial charge in [-0.2, -0.15) is 0 Å². The highest BCUT2D eigenvalue weighted by Crippen LogP contribution is 2.19. The Morgan fingerprint density at radius 3 is 2.79 bits per heavy atom. The third-order valence-corrected chi connectivity index (χ3v) is 5.21. The average molecular weight is 342 g/mol. The number of carbonyl (C=O) groups excluding carboxylic acids is 2. The van der Waals surface area contributed by atoms with Crippen molar-refractivity contribution in [3.8, 4) is 0 Å². The number of thiophene rings is 1. The van der Waals surface area contributed by atoms with E-state index >= 15 is 0 Å². The average Bonchev–Trinajstić information content (AvgIpc) is 3.22. The quantitative estimate of drug-likeness (QED) is 0.841. The van der Waals surface area contributed by atoms with Crippen LogP contribution in [0.5, 0.6) is 0 Å². The van der Waals surface area contributed by atoms with Crippen LogP contribution in [-0.4, -0.2) is 29.8 Å². The van der Waals surface area contributed by atoms with Crippen molar-refractivity contribution in [2.24, 2.45) is 5.92 Å². The summed E-state index contributed by atoms with van der Waals surface area (Å²) >= 11 is 1.68. The zero-order chi connectivity index (χ0) is 16.8. The van der Waals surface area contributed by atoms with Crippen LogP contribution in [-0.2, 0) is 22.6 Å². The number of likely N-dealkylation sites (tertiary alicyclic amines) is 1. The Labute approximate surface area is 146 Å². The lowest BCUT2D eigenvalue weighted by Gasteiger charge is -2.17. The molecule has 0 aliphatic carbocycles. The van der Waals surface area contributed by atoms with Crippen molar-refractivity contribution in [2.75, 3.05) is 13.1 Å². The van der Waals surface area contributed by atoms with E-state index in [1.165, 1.54) is 4.88 Å². The van der Waals surface area contributed by atoms with E-state index in [9.17, 15) is 9.59 Å². The fourth-order valence-electron chi connectivity index (χ4n) is 2.99. The molecule has 0 radical (unpaired) electrons. The minimum Gasteiger partial charge on any atom is -0.356 e. The molecule has 2 aromatic rings. The molecule has 0 spiro atoms. The van der Waals surface area contributed by atoms with Gasteiger partial charge in [-0.25, -0.2) is 0 Å². The van der Waals surface area contributed by atoms with Gasteiger partial charge in [0.15, 0.2) is 0 Å². The molecular formula is C19H22N2O2S. The van der Waals surface area contributed by atoms with Crippen LogP contribution < -0.4 is 5.32 Å². The van der Waals surface area contributed by atoms with Crippen LogP contribution in [0.3, 0.4) is 0 Å². The van der Waals surface area contributed by atoms with E-state index in [0.717, 1.165) is 18.5 Å². The van der Waals surface area contributed by atoms with Gasteiger partial charge in [0.25, 0.3) is 0 Å². The number of carbonyl (C=O) groups is 2. The Balaban J connectivity index is 1.40. The van der Waals surface area contributed by atoms with E-state index in [1.54, 1.807) is 11.3 Å². The van der Waals surface area contributed by atoms with Crippen LogP contribution in [0, 0.1) is 5.92 Å². The first-order chi connectivity index (χ1) is 11.7. The van der Waals surface area contributed by atoms with E-state index in [2.05, 4.69) is 11.4 Å². The largest absolute Gasteiger partial charge is 0.356 e. The van der Waals surface area contributed by atoms with Gasteiger partial charge in [0, 0.05) is 43.3 Å². The molecule has 1 aromatic heterocycles. The van der Waals surface area contributed by atoms with Crippen LogP contribution >= 0.6 is 11.3 Å². The lowest BCUT2D eigenvalue weighted by molar-refractivity contribution is -0.128. The molecule has 5 heteroatoms. The summed E-state index contributed by atoms with van der Waals surface area (Å²) in [6.07, 6.45) is 1.82. The Morgan fingerprint density at radius 2 is 2.04 bits per heavy atom. The summed E-state index contributed by atoms with van der Waals surface area (Å²) in [5.41, 5.74) is 1.14. The number of hydrogen-bond donors (Lipinski definition) is 1. The first kappa shape index (κ1) is 16.7. The summed E-state index contributed by atoms with van der Waals surface area (Å²) in [5.74, 6) is 0.459. The fraction of sp³-hybridized carbons (Fsp3) is 0.368. The third-order valence-electron chi connectivity index (χ3n) is 4.28. The van der Waals surface area contributed by atoms with Crippen molar-refractivity contribution in [3.05, 3.63) is 58.3 Å². The predicted octanol–water partition coefficient (Wildman–Crippen LogP) is 2.85. The van der Waals surface area contributed by atoms with Crippen molar-refractivity contribution < 1.29 is 9.59 Å². The van der Waals surface area contributed by atoms with Gasteiger partial charge in [0.2, 0.25) is 11.8 Å². The molecule has 1 aliphatic heterocycles. The lowest BCUT2D eigenvalue weighted by Crippen LogP contribution is -2.31. The molecule has 126 valence electrons. The van der Waals surface area contributed by atoms with E-state index in [-0.39, 0.29) is 17.7 Å². The maximum atomic E-state index is 12.1. The maximum Gasteiger partial charge on any atom is 0.223 e. The predicted molar refractivity (Wildman–Crippen MR) is 95.6 cm³/mol. The summed E-state index contributed by atoms with van der Waals surface area (Å²) in [6.45, 7) is 1.96. The monoisotopic (exact) mass is 342 g/mol. The number of hydrogen-bond acceptors (Lipinski definition) is 3. The van der Waals surface area contributed by atoms with Crippen molar-refractivity contribution in [1.82, 2.24) is 10.2 Å². The molecule has 1 atom stereocenters. The summed E-state index contributed by atoms with van der Waals surface area (Å²) in [4.78, 5) is 27.2. The highest BCUT2D eigenvalue weighted by molar-refractivity contribution is 7.09.